The molecule has 2 aromatic rings. The van der Waals surface area contributed by atoms with Gasteiger partial charge in [-0.25, -0.2) is 14.8 Å². The largest absolute Gasteiger partial charge is 0.478 e. The summed E-state index contributed by atoms with van der Waals surface area (Å²) in [6.07, 6.45) is 2.85. The molecule has 4 nitrogen and oxygen atoms in total. The standard InChI is InChI=1S/C11H6Cl2N2O2S/c12-7-2-1-3-14-9(7)18-10-8(13)4-6(5-15-10)11(16)17/h1-5H,(H,16,17). The van der Waals surface area contributed by atoms with E-state index in [4.69, 9.17) is 28.3 Å². The molecular formula is C11H6Cl2N2O2S. The van der Waals surface area contributed by atoms with Crippen molar-refractivity contribution in [2.24, 2.45) is 0 Å². The molecule has 92 valence electrons. The molecule has 0 unspecified atom stereocenters. The van der Waals surface area contributed by atoms with E-state index in [2.05, 4.69) is 9.97 Å². The first-order chi connectivity index (χ1) is 8.58. The first-order valence-electron chi connectivity index (χ1n) is 4.75. The van der Waals surface area contributed by atoms with Crippen molar-refractivity contribution in [1.29, 1.82) is 0 Å². The molecule has 2 aromatic heterocycles. The lowest BCUT2D eigenvalue weighted by Gasteiger charge is -2.04. The van der Waals surface area contributed by atoms with Crippen molar-refractivity contribution >= 4 is 40.9 Å². The van der Waals surface area contributed by atoms with Gasteiger partial charge in [-0.2, -0.15) is 0 Å². The van der Waals surface area contributed by atoms with Gasteiger partial charge in [-0.15, -0.1) is 0 Å². The zero-order chi connectivity index (χ0) is 13.1. The van der Waals surface area contributed by atoms with Gasteiger partial charge in [0, 0.05) is 12.4 Å². The zero-order valence-electron chi connectivity index (χ0n) is 8.80. The number of hydrogen-bond acceptors (Lipinski definition) is 4. The summed E-state index contributed by atoms with van der Waals surface area (Å²) in [4.78, 5) is 18.8. The van der Waals surface area contributed by atoms with E-state index in [0.717, 1.165) is 0 Å². The maximum atomic E-state index is 10.7. The van der Waals surface area contributed by atoms with E-state index in [1.807, 2.05) is 0 Å². The topological polar surface area (TPSA) is 63.1 Å². The van der Waals surface area contributed by atoms with E-state index in [1.165, 1.54) is 24.0 Å². The van der Waals surface area contributed by atoms with Crippen LogP contribution >= 0.6 is 35.0 Å². The van der Waals surface area contributed by atoms with E-state index < -0.39 is 5.97 Å². The van der Waals surface area contributed by atoms with Gasteiger partial charge < -0.3 is 5.11 Å². The minimum atomic E-state index is -1.07. The summed E-state index contributed by atoms with van der Waals surface area (Å²) >= 11 is 13.1. The van der Waals surface area contributed by atoms with Crippen LogP contribution < -0.4 is 0 Å². The van der Waals surface area contributed by atoms with Gasteiger partial charge in [0.25, 0.3) is 0 Å². The average molecular weight is 301 g/mol. The molecule has 0 bridgehead atoms. The Morgan fingerprint density at radius 3 is 2.56 bits per heavy atom. The number of carbonyl (C=O) groups is 1. The van der Waals surface area contributed by atoms with Crippen LogP contribution in [-0.2, 0) is 0 Å². The third-order valence-electron chi connectivity index (χ3n) is 1.97. The Bertz CT molecular complexity index is 607. The van der Waals surface area contributed by atoms with Gasteiger partial charge in [-0.05, 0) is 30.0 Å². The van der Waals surface area contributed by atoms with Gasteiger partial charge in [0.2, 0.25) is 0 Å². The first-order valence-corrected chi connectivity index (χ1v) is 6.32. The number of rotatable bonds is 3. The van der Waals surface area contributed by atoms with E-state index in [-0.39, 0.29) is 10.6 Å². The Labute approximate surface area is 117 Å². The van der Waals surface area contributed by atoms with Gasteiger partial charge in [0.1, 0.15) is 10.1 Å². The number of carboxylic acid groups (broad SMARTS) is 1. The molecule has 0 radical (unpaired) electrons. The van der Waals surface area contributed by atoms with Crippen molar-refractivity contribution in [3.05, 3.63) is 46.2 Å². The fourth-order valence-corrected chi connectivity index (χ4v) is 2.40. The summed E-state index contributed by atoms with van der Waals surface area (Å²) in [7, 11) is 0. The summed E-state index contributed by atoms with van der Waals surface area (Å²) in [5.74, 6) is -1.07. The zero-order valence-corrected chi connectivity index (χ0v) is 11.1. The lowest BCUT2D eigenvalue weighted by Crippen LogP contribution is -1.97. The van der Waals surface area contributed by atoms with Crippen LogP contribution in [0.1, 0.15) is 10.4 Å². The maximum absolute atomic E-state index is 10.7. The Morgan fingerprint density at radius 1 is 1.22 bits per heavy atom. The number of carboxylic acids is 1. The lowest BCUT2D eigenvalue weighted by molar-refractivity contribution is 0.0696. The molecule has 2 heterocycles. The number of aromatic carboxylic acids is 1. The van der Waals surface area contributed by atoms with Gasteiger partial charge in [0.15, 0.2) is 0 Å². The molecular weight excluding hydrogens is 295 g/mol. The van der Waals surface area contributed by atoms with Gasteiger partial charge in [-0.1, -0.05) is 23.2 Å². The summed E-state index contributed by atoms with van der Waals surface area (Å²) in [5, 5.41) is 10.6. The van der Waals surface area contributed by atoms with E-state index in [1.54, 1.807) is 18.3 Å². The predicted molar refractivity (Wildman–Crippen MR) is 69.6 cm³/mol. The molecule has 0 spiro atoms. The molecule has 0 aliphatic rings. The average Bonchev–Trinajstić information content (AvgIpc) is 2.34. The lowest BCUT2D eigenvalue weighted by atomic mass is 10.3. The van der Waals surface area contributed by atoms with Crippen molar-refractivity contribution in [1.82, 2.24) is 9.97 Å². The highest BCUT2D eigenvalue weighted by molar-refractivity contribution is 7.99. The molecule has 1 N–H and O–H groups in total. The van der Waals surface area contributed by atoms with Crippen LogP contribution in [0.15, 0.2) is 40.6 Å². The van der Waals surface area contributed by atoms with Crippen LogP contribution in [0.3, 0.4) is 0 Å². The highest BCUT2D eigenvalue weighted by Crippen LogP contribution is 2.34. The molecule has 0 aromatic carbocycles. The van der Waals surface area contributed by atoms with E-state index in [9.17, 15) is 4.79 Å². The van der Waals surface area contributed by atoms with Crippen LogP contribution in [0.4, 0.5) is 0 Å². The Balaban J connectivity index is 2.30. The van der Waals surface area contributed by atoms with Crippen molar-refractivity contribution in [2.75, 3.05) is 0 Å². The molecule has 2 rings (SSSR count). The third-order valence-corrected chi connectivity index (χ3v) is 3.83. The maximum Gasteiger partial charge on any atom is 0.337 e. The molecule has 0 saturated carbocycles. The second-order valence-electron chi connectivity index (χ2n) is 3.21. The number of pyridine rings is 2. The van der Waals surface area contributed by atoms with E-state index in [0.29, 0.717) is 15.1 Å². The fourth-order valence-electron chi connectivity index (χ4n) is 1.16. The van der Waals surface area contributed by atoms with Crippen molar-refractivity contribution in [2.45, 2.75) is 10.1 Å². The number of nitrogens with zero attached hydrogens (tertiary/aromatic N) is 2. The number of hydrogen-bond donors (Lipinski definition) is 1. The molecule has 0 aliphatic heterocycles. The highest BCUT2D eigenvalue weighted by atomic mass is 35.5. The Morgan fingerprint density at radius 2 is 1.94 bits per heavy atom. The van der Waals surface area contributed by atoms with E-state index >= 15 is 0 Å². The third kappa shape index (κ3) is 2.93. The van der Waals surface area contributed by atoms with Crippen molar-refractivity contribution in [3.63, 3.8) is 0 Å². The molecule has 0 fully saturated rings. The predicted octanol–water partition coefficient (Wildman–Crippen LogP) is 3.63. The summed E-state index contributed by atoms with van der Waals surface area (Å²) < 4.78 is 0. The smallest absolute Gasteiger partial charge is 0.337 e. The second kappa shape index (κ2) is 5.56. The molecule has 0 saturated heterocycles. The fraction of sp³-hybridized carbons (Fsp3) is 0. The molecule has 18 heavy (non-hydrogen) atoms. The highest BCUT2D eigenvalue weighted by Gasteiger charge is 2.11. The van der Waals surface area contributed by atoms with Crippen molar-refractivity contribution < 1.29 is 9.90 Å². The van der Waals surface area contributed by atoms with Crippen LogP contribution in [0.25, 0.3) is 0 Å². The first kappa shape index (κ1) is 13.1. The summed E-state index contributed by atoms with van der Waals surface area (Å²) in [6, 6.07) is 4.77. The summed E-state index contributed by atoms with van der Waals surface area (Å²) in [5.41, 5.74) is 0.0384. The minimum absolute atomic E-state index is 0.0384. The molecule has 7 heteroatoms. The normalized spacial score (nSPS) is 10.3. The Hall–Kier alpha value is -1.30. The van der Waals surface area contributed by atoms with Crippen molar-refractivity contribution in [3.8, 4) is 0 Å². The molecule has 0 amide bonds. The van der Waals surface area contributed by atoms with Crippen LogP contribution in [0.2, 0.25) is 10.0 Å². The SMILES string of the molecule is O=C(O)c1cnc(Sc2ncccc2Cl)c(Cl)c1. The number of aromatic nitrogens is 2. The summed E-state index contributed by atoms with van der Waals surface area (Å²) in [6.45, 7) is 0. The van der Waals surface area contributed by atoms with Gasteiger partial charge >= 0.3 is 5.97 Å². The molecule has 0 aliphatic carbocycles. The second-order valence-corrected chi connectivity index (χ2v) is 5.00. The quantitative estimate of drug-likeness (QED) is 0.937. The Kier molecular flexibility index (Phi) is 4.06. The molecule has 0 atom stereocenters. The van der Waals surface area contributed by atoms with Gasteiger partial charge in [0.05, 0.1) is 15.6 Å². The number of halogens is 2. The monoisotopic (exact) mass is 300 g/mol. The van der Waals surface area contributed by atoms with Crippen LogP contribution in [-0.4, -0.2) is 21.0 Å². The van der Waals surface area contributed by atoms with Gasteiger partial charge in [-0.3, -0.25) is 0 Å². The minimum Gasteiger partial charge on any atom is -0.478 e. The van der Waals surface area contributed by atoms with Crippen LogP contribution in [0, 0.1) is 0 Å². The van der Waals surface area contributed by atoms with Crippen LogP contribution in [0.5, 0.6) is 0 Å².